The second-order valence-corrected chi connectivity index (χ2v) is 5.38. The number of hydrogen-bond donors (Lipinski definition) is 3. The van der Waals surface area contributed by atoms with E-state index in [1.54, 1.807) is 0 Å². The molecule has 0 aliphatic rings. The van der Waals surface area contributed by atoms with Crippen LogP contribution in [0.25, 0.3) is 0 Å². The first-order chi connectivity index (χ1) is 11.0. The van der Waals surface area contributed by atoms with Crippen LogP contribution >= 0.6 is 0 Å². The Bertz CT molecular complexity index is 472. The Hall–Kier alpha value is -2.42. The van der Waals surface area contributed by atoms with Crippen LogP contribution < -0.4 is 16.4 Å². The van der Waals surface area contributed by atoms with Crippen molar-refractivity contribution < 1.29 is 9.59 Å². The molecule has 23 heavy (non-hydrogen) atoms. The van der Waals surface area contributed by atoms with Crippen molar-refractivity contribution in [3.05, 3.63) is 0 Å². The summed E-state index contributed by atoms with van der Waals surface area (Å²) in [6.45, 7) is 0.393. The van der Waals surface area contributed by atoms with Gasteiger partial charge < -0.3 is 16.4 Å². The average molecular weight is 315 g/mol. The summed E-state index contributed by atoms with van der Waals surface area (Å²) in [5, 5.41) is 5.20. The SMILES string of the molecule is C#CCCCC(N)(CCC(=O)NCC#C)CCC(=O)NCC#C. The molecule has 0 aliphatic heterocycles. The van der Waals surface area contributed by atoms with Crippen LogP contribution in [0.15, 0.2) is 0 Å². The highest BCUT2D eigenvalue weighted by Crippen LogP contribution is 2.23. The number of nitrogens with one attached hydrogen (secondary N) is 2. The molecule has 0 saturated heterocycles. The lowest BCUT2D eigenvalue weighted by Gasteiger charge is -2.29. The number of rotatable bonds is 11. The van der Waals surface area contributed by atoms with Crippen LogP contribution in [0.2, 0.25) is 0 Å². The Morgan fingerprint density at radius 2 is 1.35 bits per heavy atom. The van der Waals surface area contributed by atoms with Crippen molar-refractivity contribution in [2.45, 2.75) is 50.5 Å². The minimum atomic E-state index is -0.613. The molecule has 0 bridgehead atoms. The van der Waals surface area contributed by atoms with Gasteiger partial charge in [-0.3, -0.25) is 9.59 Å². The molecule has 0 aromatic heterocycles. The van der Waals surface area contributed by atoms with Gasteiger partial charge in [0, 0.05) is 24.8 Å². The van der Waals surface area contributed by atoms with Crippen LogP contribution in [0.4, 0.5) is 0 Å². The molecule has 0 spiro atoms. The van der Waals surface area contributed by atoms with E-state index >= 15 is 0 Å². The third kappa shape index (κ3) is 10.9. The van der Waals surface area contributed by atoms with Gasteiger partial charge in [0.05, 0.1) is 13.1 Å². The molecule has 0 radical (unpaired) electrons. The summed E-state index contributed by atoms with van der Waals surface area (Å²) in [6.07, 6.45) is 18.9. The van der Waals surface area contributed by atoms with E-state index in [2.05, 4.69) is 28.4 Å². The van der Waals surface area contributed by atoms with Crippen molar-refractivity contribution >= 4 is 11.8 Å². The highest BCUT2D eigenvalue weighted by molar-refractivity contribution is 5.77. The van der Waals surface area contributed by atoms with Crippen LogP contribution in [-0.2, 0) is 9.59 Å². The molecule has 5 nitrogen and oxygen atoms in total. The average Bonchev–Trinajstić information content (AvgIpc) is 2.55. The monoisotopic (exact) mass is 315 g/mol. The quantitative estimate of drug-likeness (QED) is 0.384. The zero-order valence-electron chi connectivity index (χ0n) is 13.5. The van der Waals surface area contributed by atoms with Crippen molar-refractivity contribution in [1.29, 1.82) is 0 Å². The summed E-state index contributed by atoms with van der Waals surface area (Å²) in [5.41, 5.74) is 5.77. The van der Waals surface area contributed by atoms with Crippen molar-refractivity contribution in [3.8, 4) is 37.0 Å². The molecule has 0 aliphatic carbocycles. The molecular weight excluding hydrogens is 290 g/mol. The molecule has 0 rings (SSSR count). The summed E-state index contributed by atoms with van der Waals surface area (Å²) in [4.78, 5) is 23.3. The van der Waals surface area contributed by atoms with Crippen LogP contribution in [0, 0.1) is 37.0 Å². The number of hydrogen-bond acceptors (Lipinski definition) is 3. The fourth-order valence-electron chi connectivity index (χ4n) is 2.12. The second-order valence-electron chi connectivity index (χ2n) is 5.38. The first-order valence-corrected chi connectivity index (χ1v) is 7.60. The van der Waals surface area contributed by atoms with Gasteiger partial charge in [-0.15, -0.1) is 25.2 Å². The summed E-state index contributed by atoms with van der Waals surface area (Å²) < 4.78 is 0. The summed E-state index contributed by atoms with van der Waals surface area (Å²) in [6, 6.07) is 0. The number of amides is 2. The normalized spacial score (nSPS) is 10.0. The summed E-state index contributed by atoms with van der Waals surface area (Å²) >= 11 is 0. The number of terminal acetylenes is 3. The lowest BCUT2D eigenvalue weighted by Crippen LogP contribution is -2.42. The Balaban J connectivity index is 4.48. The minimum absolute atomic E-state index is 0.147. The molecule has 0 heterocycles. The van der Waals surface area contributed by atoms with Crippen LogP contribution in [0.1, 0.15) is 44.9 Å². The maximum absolute atomic E-state index is 11.7. The summed E-state index contributed by atoms with van der Waals surface area (Å²) in [5.74, 6) is 6.96. The second kappa shape index (κ2) is 12.2. The van der Waals surface area contributed by atoms with Crippen LogP contribution in [0.5, 0.6) is 0 Å². The van der Waals surface area contributed by atoms with Gasteiger partial charge in [0.25, 0.3) is 0 Å². The molecule has 0 saturated carbocycles. The van der Waals surface area contributed by atoms with E-state index in [0.29, 0.717) is 25.7 Å². The van der Waals surface area contributed by atoms with Gasteiger partial charge in [0.15, 0.2) is 0 Å². The number of carbonyl (C=O) groups is 2. The Morgan fingerprint density at radius 3 is 1.74 bits per heavy atom. The lowest BCUT2D eigenvalue weighted by atomic mass is 9.84. The molecule has 0 atom stereocenters. The van der Waals surface area contributed by atoms with Gasteiger partial charge in [0.2, 0.25) is 11.8 Å². The molecular formula is C18H25N3O2. The van der Waals surface area contributed by atoms with Crippen molar-refractivity contribution in [2.24, 2.45) is 5.73 Å². The van der Waals surface area contributed by atoms with E-state index in [-0.39, 0.29) is 37.7 Å². The largest absolute Gasteiger partial charge is 0.345 e. The fraction of sp³-hybridized carbons (Fsp3) is 0.556. The van der Waals surface area contributed by atoms with Gasteiger partial charge in [-0.25, -0.2) is 0 Å². The molecule has 2 amide bonds. The summed E-state index contributed by atoms with van der Waals surface area (Å²) in [7, 11) is 0. The van der Waals surface area contributed by atoms with E-state index in [4.69, 9.17) is 25.0 Å². The number of unbranched alkanes of at least 4 members (excludes halogenated alkanes) is 1. The first-order valence-electron chi connectivity index (χ1n) is 7.60. The van der Waals surface area contributed by atoms with Gasteiger partial charge >= 0.3 is 0 Å². The smallest absolute Gasteiger partial charge is 0.220 e. The van der Waals surface area contributed by atoms with Gasteiger partial charge in [-0.05, 0) is 25.7 Å². The predicted molar refractivity (Wildman–Crippen MR) is 91.8 cm³/mol. The Morgan fingerprint density at radius 1 is 0.870 bits per heavy atom. The highest BCUT2D eigenvalue weighted by Gasteiger charge is 2.26. The third-order valence-corrected chi connectivity index (χ3v) is 3.47. The van der Waals surface area contributed by atoms with Gasteiger partial charge in [0.1, 0.15) is 0 Å². The molecule has 5 heteroatoms. The maximum atomic E-state index is 11.7. The lowest BCUT2D eigenvalue weighted by molar-refractivity contribution is -0.121. The van der Waals surface area contributed by atoms with Crippen LogP contribution in [-0.4, -0.2) is 30.4 Å². The zero-order chi connectivity index (χ0) is 17.6. The first kappa shape index (κ1) is 20.6. The fourth-order valence-corrected chi connectivity index (χ4v) is 2.12. The maximum Gasteiger partial charge on any atom is 0.220 e. The van der Waals surface area contributed by atoms with Gasteiger partial charge in [-0.1, -0.05) is 11.8 Å². The minimum Gasteiger partial charge on any atom is -0.345 e. The zero-order valence-corrected chi connectivity index (χ0v) is 13.5. The molecule has 0 unspecified atom stereocenters. The van der Waals surface area contributed by atoms with Crippen molar-refractivity contribution in [3.63, 3.8) is 0 Å². The van der Waals surface area contributed by atoms with E-state index < -0.39 is 5.54 Å². The molecule has 0 aromatic carbocycles. The predicted octanol–water partition coefficient (Wildman–Crippen LogP) is 0.547. The number of nitrogens with two attached hydrogens (primary N) is 1. The van der Waals surface area contributed by atoms with Crippen molar-refractivity contribution in [2.75, 3.05) is 13.1 Å². The molecule has 0 fully saturated rings. The third-order valence-electron chi connectivity index (χ3n) is 3.47. The van der Waals surface area contributed by atoms with E-state index in [9.17, 15) is 9.59 Å². The molecule has 4 N–H and O–H groups in total. The molecule has 0 aromatic rings. The number of carbonyl (C=O) groups excluding carboxylic acids is 2. The van der Waals surface area contributed by atoms with Crippen LogP contribution in [0.3, 0.4) is 0 Å². The standard InChI is InChI=1S/C18H25N3O2/c1-4-7-8-11-18(19,12-9-16(22)20-14-5-2)13-10-17(23)21-15-6-3/h1-3H,7-15,19H2,(H,20,22)(H,21,23). The van der Waals surface area contributed by atoms with E-state index in [1.807, 2.05) is 0 Å². The van der Waals surface area contributed by atoms with E-state index in [0.717, 1.165) is 6.42 Å². The topological polar surface area (TPSA) is 84.2 Å². The van der Waals surface area contributed by atoms with Gasteiger partial charge in [-0.2, -0.15) is 0 Å². The molecule has 124 valence electrons. The Labute approximate surface area is 139 Å². The van der Waals surface area contributed by atoms with E-state index in [1.165, 1.54) is 0 Å². The van der Waals surface area contributed by atoms with Crippen molar-refractivity contribution in [1.82, 2.24) is 10.6 Å². The highest BCUT2D eigenvalue weighted by atomic mass is 16.2. The Kier molecular flexibility index (Phi) is 10.9.